The molecule has 0 radical (unpaired) electrons. The number of amides is 2. The van der Waals surface area contributed by atoms with Crippen LogP contribution in [0.15, 0.2) is 48.5 Å². The van der Waals surface area contributed by atoms with E-state index >= 15 is 0 Å². The van der Waals surface area contributed by atoms with Crippen LogP contribution >= 0.6 is 0 Å². The van der Waals surface area contributed by atoms with Crippen molar-refractivity contribution in [3.8, 4) is 0 Å². The number of hydrogen-bond donors (Lipinski definition) is 1. The van der Waals surface area contributed by atoms with E-state index in [-0.39, 0.29) is 12.0 Å². The maximum Gasteiger partial charge on any atom is 0.410 e. The summed E-state index contributed by atoms with van der Waals surface area (Å²) < 4.78 is 5.48. The van der Waals surface area contributed by atoms with E-state index in [1.165, 1.54) is 5.56 Å². The lowest BCUT2D eigenvalue weighted by molar-refractivity contribution is -0.116. The van der Waals surface area contributed by atoms with E-state index in [1.54, 1.807) is 4.90 Å². The Morgan fingerprint density at radius 3 is 2.45 bits per heavy atom. The van der Waals surface area contributed by atoms with Gasteiger partial charge in [-0.3, -0.25) is 4.79 Å². The maximum atomic E-state index is 12.5. The second-order valence-corrected chi connectivity index (χ2v) is 8.19. The first-order chi connectivity index (χ1) is 13.7. The Morgan fingerprint density at radius 2 is 1.79 bits per heavy atom. The Balaban J connectivity index is 2.01. The Labute approximate surface area is 174 Å². The largest absolute Gasteiger partial charge is 0.444 e. The SMILES string of the molecule is CCN(Cc1ccccc1NC(=O)CCc1cccc(C)c1)C(=O)OC(C)(C)C. The lowest BCUT2D eigenvalue weighted by Crippen LogP contribution is -2.36. The fraction of sp³-hybridized carbons (Fsp3) is 0.417. The average molecular weight is 397 g/mol. The van der Waals surface area contributed by atoms with Crippen molar-refractivity contribution >= 4 is 17.7 Å². The van der Waals surface area contributed by atoms with Crippen LogP contribution in [0, 0.1) is 6.92 Å². The van der Waals surface area contributed by atoms with Gasteiger partial charge in [-0.05, 0) is 58.2 Å². The molecule has 1 N–H and O–H groups in total. The highest BCUT2D eigenvalue weighted by Crippen LogP contribution is 2.20. The van der Waals surface area contributed by atoms with E-state index in [0.29, 0.717) is 25.9 Å². The van der Waals surface area contributed by atoms with Crippen LogP contribution in [0.25, 0.3) is 0 Å². The van der Waals surface area contributed by atoms with Gasteiger partial charge in [0, 0.05) is 18.7 Å². The van der Waals surface area contributed by atoms with E-state index in [1.807, 2.05) is 77.1 Å². The summed E-state index contributed by atoms with van der Waals surface area (Å²) in [6.45, 7) is 10.4. The Kier molecular flexibility index (Phi) is 7.82. The molecule has 5 nitrogen and oxygen atoms in total. The molecular weight excluding hydrogens is 364 g/mol. The highest BCUT2D eigenvalue weighted by Gasteiger charge is 2.22. The van der Waals surface area contributed by atoms with Crippen LogP contribution in [0.4, 0.5) is 10.5 Å². The number of carbonyl (C=O) groups excluding carboxylic acids is 2. The van der Waals surface area contributed by atoms with Gasteiger partial charge in [-0.15, -0.1) is 0 Å². The molecule has 2 aromatic carbocycles. The lowest BCUT2D eigenvalue weighted by Gasteiger charge is -2.27. The average Bonchev–Trinajstić information content (AvgIpc) is 2.64. The molecule has 0 heterocycles. The molecule has 5 heteroatoms. The van der Waals surface area contributed by atoms with E-state index in [9.17, 15) is 9.59 Å². The Bertz CT molecular complexity index is 840. The fourth-order valence-corrected chi connectivity index (χ4v) is 2.96. The number of anilines is 1. The van der Waals surface area contributed by atoms with Crippen molar-refractivity contribution < 1.29 is 14.3 Å². The van der Waals surface area contributed by atoms with Crippen LogP contribution in [0.2, 0.25) is 0 Å². The topological polar surface area (TPSA) is 58.6 Å². The molecular formula is C24H32N2O3. The number of nitrogens with one attached hydrogen (secondary N) is 1. The first kappa shape index (κ1) is 22.5. The molecule has 0 aliphatic carbocycles. The van der Waals surface area contributed by atoms with Gasteiger partial charge in [-0.2, -0.15) is 0 Å². The second kappa shape index (κ2) is 10.1. The Morgan fingerprint density at radius 1 is 1.07 bits per heavy atom. The lowest BCUT2D eigenvalue weighted by atomic mass is 10.1. The summed E-state index contributed by atoms with van der Waals surface area (Å²) in [5, 5.41) is 2.99. The number of para-hydroxylation sites is 1. The molecule has 2 aromatic rings. The van der Waals surface area contributed by atoms with Gasteiger partial charge < -0.3 is 15.0 Å². The van der Waals surface area contributed by atoms with E-state index in [0.717, 1.165) is 16.8 Å². The van der Waals surface area contributed by atoms with Gasteiger partial charge in [0.2, 0.25) is 5.91 Å². The van der Waals surface area contributed by atoms with Gasteiger partial charge in [0.15, 0.2) is 0 Å². The monoisotopic (exact) mass is 396 g/mol. The van der Waals surface area contributed by atoms with Gasteiger partial charge in [0.25, 0.3) is 0 Å². The van der Waals surface area contributed by atoms with Crippen molar-refractivity contribution in [2.24, 2.45) is 0 Å². The van der Waals surface area contributed by atoms with Gasteiger partial charge in [-0.1, -0.05) is 48.0 Å². The summed E-state index contributed by atoms with van der Waals surface area (Å²) >= 11 is 0. The molecule has 0 saturated heterocycles. The number of carbonyl (C=O) groups is 2. The van der Waals surface area contributed by atoms with Crippen molar-refractivity contribution in [3.63, 3.8) is 0 Å². The van der Waals surface area contributed by atoms with E-state index < -0.39 is 5.60 Å². The van der Waals surface area contributed by atoms with Gasteiger partial charge in [0.05, 0.1) is 6.54 Å². The van der Waals surface area contributed by atoms with Crippen LogP contribution in [-0.4, -0.2) is 29.0 Å². The Hall–Kier alpha value is -2.82. The quantitative estimate of drug-likeness (QED) is 0.689. The predicted octanol–water partition coefficient (Wildman–Crippen LogP) is 5.32. The molecule has 0 aliphatic rings. The molecule has 0 aliphatic heterocycles. The van der Waals surface area contributed by atoms with Crippen LogP contribution in [0.3, 0.4) is 0 Å². The molecule has 2 rings (SSSR count). The van der Waals surface area contributed by atoms with Crippen LogP contribution in [0.1, 0.15) is 50.8 Å². The molecule has 0 unspecified atom stereocenters. The smallest absolute Gasteiger partial charge is 0.410 e. The van der Waals surface area contributed by atoms with Crippen molar-refractivity contribution in [2.45, 2.75) is 59.6 Å². The van der Waals surface area contributed by atoms with Crippen molar-refractivity contribution in [2.75, 3.05) is 11.9 Å². The number of benzene rings is 2. The minimum atomic E-state index is -0.548. The number of hydrogen-bond acceptors (Lipinski definition) is 3. The highest BCUT2D eigenvalue weighted by molar-refractivity contribution is 5.91. The van der Waals surface area contributed by atoms with Crippen molar-refractivity contribution in [1.29, 1.82) is 0 Å². The first-order valence-corrected chi connectivity index (χ1v) is 10.1. The fourth-order valence-electron chi connectivity index (χ4n) is 2.96. The molecule has 156 valence electrons. The summed E-state index contributed by atoms with van der Waals surface area (Å²) in [5.74, 6) is -0.0423. The summed E-state index contributed by atoms with van der Waals surface area (Å²) in [7, 11) is 0. The molecule has 0 atom stereocenters. The molecule has 0 aromatic heterocycles. The third-order valence-electron chi connectivity index (χ3n) is 4.41. The zero-order valence-corrected chi connectivity index (χ0v) is 18.1. The molecule has 29 heavy (non-hydrogen) atoms. The summed E-state index contributed by atoms with van der Waals surface area (Å²) in [5.41, 5.74) is 3.40. The van der Waals surface area contributed by atoms with Crippen molar-refractivity contribution in [1.82, 2.24) is 4.90 Å². The highest BCUT2D eigenvalue weighted by atomic mass is 16.6. The summed E-state index contributed by atoms with van der Waals surface area (Å²) in [6, 6.07) is 15.8. The molecule has 0 spiro atoms. The summed E-state index contributed by atoms with van der Waals surface area (Å²) in [4.78, 5) is 26.5. The van der Waals surface area contributed by atoms with E-state index in [2.05, 4.69) is 11.4 Å². The first-order valence-electron chi connectivity index (χ1n) is 10.1. The van der Waals surface area contributed by atoms with Gasteiger partial charge in [0.1, 0.15) is 5.60 Å². The third kappa shape index (κ3) is 7.60. The maximum absolute atomic E-state index is 12.5. The van der Waals surface area contributed by atoms with E-state index in [4.69, 9.17) is 4.74 Å². The third-order valence-corrected chi connectivity index (χ3v) is 4.41. The zero-order valence-electron chi connectivity index (χ0n) is 18.1. The zero-order chi connectivity index (χ0) is 21.4. The second-order valence-electron chi connectivity index (χ2n) is 8.19. The minimum Gasteiger partial charge on any atom is -0.444 e. The molecule has 0 bridgehead atoms. The van der Waals surface area contributed by atoms with Gasteiger partial charge in [-0.25, -0.2) is 4.79 Å². The van der Waals surface area contributed by atoms with Crippen LogP contribution < -0.4 is 5.32 Å². The molecule has 0 saturated carbocycles. The van der Waals surface area contributed by atoms with Crippen molar-refractivity contribution in [3.05, 3.63) is 65.2 Å². The van der Waals surface area contributed by atoms with Crippen LogP contribution in [-0.2, 0) is 22.5 Å². The summed E-state index contributed by atoms with van der Waals surface area (Å²) in [6.07, 6.45) is 0.733. The van der Waals surface area contributed by atoms with Gasteiger partial charge >= 0.3 is 6.09 Å². The minimum absolute atomic E-state index is 0.0423. The number of nitrogens with zero attached hydrogens (tertiary/aromatic N) is 1. The normalized spacial score (nSPS) is 11.1. The number of ether oxygens (including phenoxy) is 1. The standard InChI is InChI=1S/C24H32N2O3/c1-6-26(23(28)29-24(3,4)5)17-20-12-7-8-13-21(20)25-22(27)15-14-19-11-9-10-18(2)16-19/h7-13,16H,6,14-15,17H2,1-5H3,(H,25,27). The molecule has 0 fully saturated rings. The number of aryl methyl sites for hydroxylation is 2. The predicted molar refractivity (Wildman–Crippen MR) is 117 cm³/mol. The number of rotatable bonds is 7. The molecule has 2 amide bonds. The van der Waals surface area contributed by atoms with Crippen LogP contribution in [0.5, 0.6) is 0 Å².